The molecule has 0 fully saturated rings. The molecule has 0 aliphatic rings. The summed E-state index contributed by atoms with van der Waals surface area (Å²) < 4.78 is 17.1. The summed E-state index contributed by atoms with van der Waals surface area (Å²) in [5.74, 6) is 1.10. The van der Waals surface area contributed by atoms with Gasteiger partial charge in [0.2, 0.25) is 11.8 Å². The molecule has 0 aliphatic heterocycles. The highest BCUT2D eigenvalue weighted by atomic mass is 35.5. The van der Waals surface area contributed by atoms with Crippen molar-refractivity contribution in [1.29, 1.82) is 0 Å². The summed E-state index contributed by atoms with van der Waals surface area (Å²) in [4.78, 5) is 24.4. The maximum absolute atomic E-state index is 12.2. The van der Waals surface area contributed by atoms with Crippen molar-refractivity contribution in [3.8, 4) is 17.2 Å². The number of halogens is 2. The third kappa shape index (κ3) is 9.32. The Balaban J connectivity index is 1.62. The van der Waals surface area contributed by atoms with Crippen LogP contribution in [-0.2, 0) is 22.6 Å². The van der Waals surface area contributed by atoms with Crippen molar-refractivity contribution >= 4 is 46.9 Å². The first kappa shape index (κ1) is 30.5. The van der Waals surface area contributed by atoms with E-state index < -0.39 is 5.91 Å². The summed E-state index contributed by atoms with van der Waals surface area (Å²) in [5, 5.41) is 7.84. The molecule has 0 radical (unpaired) electrons. The van der Waals surface area contributed by atoms with Crippen LogP contribution >= 0.6 is 23.2 Å². The summed E-state index contributed by atoms with van der Waals surface area (Å²) in [6.45, 7) is 6.35. The van der Waals surface area contributed by atoms with E-state index in [1.807, 2.05) is 19.1 Å². The first-order chi connectivity index (χ1) is 19.3. The van der Waals surface area contributed by atoms with E-state index in [1.165, 1.54) is 6.21 Å². The van der Waals surface area contributed by atoms with Gasteiger partial charge >= 0.3 is 0 Å². The number of hydrogen-bond donors (Lipinski definition) is 2. The molecule has 8 nitrogen and oxygen atoms in total. The topological polar surface area (TPSA) is 98.3 Å². The molecule has 2 amide bonds. The molecule has 3 aromatic rings. The lowest BCUT2D eigenvalue weighted by molar-refractivity contribution is -0.124. The van der Waals surface area contributed by atoms with Crippen molar-refractivity contribution in [1.82, 2.24) is 5.43 Å². The van der Waals surface area contributed by atoms with Gasteiger partial charge in [-0.05, 0) is 67.4 Å². The molecular weight excluding hydrogens is 553 g/mol. The lowest BCUT2D eigenvalue weighted by atomic mass is 10.1. The van der Waals surface area contributed by atoms with Gasteiger partial charge < -0.3 is 19.5 Å². The van der Waals surface area contributed by atoms with Crippen LogP contribution in [0.1, 0.15) is 36.5 Å². The number of nitrogens with zero attached hydrogens (tertiary/aromatic N) is 1. The number of methoxy groups -OCH3 is 1. The number of carbonyl (C=O) groups excluding carboxylic acids is 2. The molecule has 3 rings (SSSR count). The number of amides is 2. The second-order valence-corrected chi connectivity index (χ2v) is 9.37. The molecule has 0 aliphatic carbocycles. The van der Waals surface area contributed by atoms with Crippen molar-refractivity contribution in [2.24, 2.45) is 5.10 Å². The average Bonchev–Trinajstić information content (AvgIpc) is 2.93. The summed E-state index contributed by atoms with van der Waals surface area (Å²) >= 11 is 12.3. The van der Waals surface area contributed by atoms with E-state index in [2.05, 4.69) is 22.4 Å². The minimum absolute atomic E-state index is 0.00895. The number of anilines is 1. The quantitative estimate of drug-likeness (QED) is 0.127. The SMILES string of the molecule is C=CCc1cc(C=NNC(=O)CCC(=O)Nc2ccc(OC)cc2)cc(OCC)c1OCc1ccc(Cl)cc1Cl. The van der Waals surface area contributed by atoms with Gasteiger partial charge in [0.15, 0.2) is 11.5 Å². The number of benzene rings is 3. The zero-order valence-electron chi connectivity index (χ0n) is 22.3. The number of carbonyl (C=O) groups is 2. The highest BCUT2D eigenvalue weighted by Crippen LogP contribution is 2.35. The van der Waals surface area contributed by atoms with Crippen molar-refractivity contribution in [2.75, 3.05) is 19.0 Å². The maximum atomic E-state index is 12.2. The Kier molecular flexibility index (Phi) is 11.9. The molecule has 0 heterocycles. The number of hydrogen-bond acceptors (Lipinski definition) is 6. The fraction of sp³-hybridized carbons (Fsp3) is 0.233. The summed E-state index contributed by atoms with van der Waals surface area (Å²) in [6.07, 6.45) is 3.76. The second-order valence-electron chi connectivity index (χ2n) is 8.53. The molecule has 0 bridgehead atoms. The minimum Gasteiger partial charge on any atom is -0.497 e. The number of nitrogens with one attached hydrogen (secondary N) is 2. The molecule has 2 N–H and O–H groups in total. The largest absolute Gasteiger partial charge is 0.497 e. The Morgan fingerprint density at radius 1 is 0.975 bits per heavy atom. The van der Waals surface area contributed by atoms with Crippen LogP contribution < -0.4 is 25.0 Å². The van der Waals surface area contributed by atoms with E-state index in [0.717, 1.165) is 11.1 Å². The number of hydrazone groups is 1. The number of ether oxygens (including phenoxy) is 3. The van der Waals surface area contributed by atoms with Gasteiger partial charge in [-0.3, -0.25) is 9.59 Å². The van der Waals surface area contributed by atoms with Gasteiger partial charge in [-0.25, -0.2) is 5.43 Å². The molecule has 10 heteroatoms. The lowest BCUT2D eigenvalue weighted by Crippen LogP contribution is -2.20. The van der Waals surface area contributed by atoms with Crippen LogP contribution in [0.15, 0.2) is 72.4 Å². The predicted octanol–water partition coefficient (Wildman–Crippen LogP) is 6.58. The fourth-order valence-electron chi connectivity index (χ4n) is 3.64. The molecular formula is C30H31Cl2N3O5. The van der Waals surface area contributed by atoms with Crippen molar-refractivity contribution < 1.29 is 23.8 Å². The van der Waals surface area contributed by atoms with Crippen molar-refractivity contribution in [2.45, 2.75) is 32.8 Å². The van der Waals surface area contributed by atoms with Crippen molar-refractivity contribution in [3.05, 3.63) is 94.0 Å². The standard InChI is InChI=1S/C30H31Cl2N3O5/c1-4-6-21-15-20(16-27(39-5-2)30(21)40-19-22-7-8-23(31)17-26(22)32)18-33-35-29(37)14-13-28(36)34-24-9-11-25(38-3)12-10-24/h4,7-12,15-18H,1,5-6,13-14,19H2,2-3H3,(H,34,36)(H,35,37). The molecule has 0 atom stereocenters. The molecule has 3 aromatic carbocycles. The molecule has 40 heavy (non-hydrogen) atoms. The van der Waals surface area contributed by atoms with Gasteiger partial charge in [-0.2, -0.15) is 5.10 Å². The van der Waals surface area contributed by atoms with Gasteiger partial charge in [0.1, 0.15) is 12.4 Å². The van der Waals surface area contributed by atoms with E-state index in [-0.39, 0.29) is 25.4 Å². The Morgan fingerprint density at radius 3 is 2.40 bits per heavy atom. The molecule has 210 valence electrons. The van der Waals surface area contributed by atoms with Crippen LogP contribution in [0, 0.1) is 0 Å². The van der Waals surface area contributed by atoms with Gasteiger partial charge in [0.25, 0.3) is 0 Å². The first-order valence-corrected chi connectivity index (χ1v) is 13.3. The Morgan fingerprint density at radius 2 is 1.73 bits per heavy atom. The lowest BCUT2D eigenvalue weighted by Gasteiger charge is -2.17. The zero-order chi connectivity index (χ0) is 28.9. The predicted molar refractivity (Wildman–Crippen MR) is 159 cm³/mol. The smallest absolute Gasteiger partial charge is 0.240 e. The van der Waals surface area contributed by atoms with Gasteiger partial charge in [-0.1, -0.05) is 35.3 Å². The van der Waals surface area contributed by atoms with E-state index in [1.54, 1.807) is 55.7 Å². The summed E-state index contributed by atoms with van der Waals surface area (Å²) in [6, 6.07) is 15.8. The number of allylic oxidation sites excluding steroid dienone is 1. The molecule has 0 unspecified atom stereocenters. The minimum atomic E-state index is -0.391. The van der Waals surface area contributed by atoms with Crippen LogP contribution in [0.5, 0.6) is 17.2 Å². The Labute approximate surface area is 243 Å². The van der Waals surface area contributed by atoms with E-state index in [0.29, 0.717) is 51.6 Å². The first-order valence-electron chi connectivity index (χ1n) is 12.6. The molecule has 0 saturated carbocycles. The van der Waals surface area contributed by atoms with Crippen LogP contribution in [-0.4, -0.2) is 31.7 Å². The van der Waals surface area contributed by atoms with E-state index >= 15 is 0 Å². The van der Waals surface area contributed by atoms with Crippen LogP contribution in [0.2, 0.25) is 10.0 Å². The normalized spacial score (nSPS) is 10.7. The Hall–Kier alpha value is -4.01. The van der Waals surface area contributed by atoms with Crippen LogP contribution in [0.4, 0.5) is 5.69 Å². The third-order valence-electron chi connectivity index (χ3n) is 5.56. The molecule has 0 aromatic heterocycles. The maximum Gasteiger partial charge on any atom is 0.240 e. The van der Waals surface area contributed by atoms with Crippen LogP contribution in [0.3, 0.4) is 0 Å². The number of rotatable bonds is 14. The monoisotopic (exact) mass is 583 g/mol. The highest BCUT2D eigenvalue weighted by molar-refractivity contribution is 6.35. The Bertz CT molecular complexity index is 1360. The van der Waals surface area contributed by atoms with Crippen molar-refractivity contribution in [3.63, 3.8) is 0 Å². The average molecular weight is 585 g/mol. The van der Waals surface area contributed by atoms with Crippen LogP contribution in [0.25, 0.3) is 0 Å². The van der Waals surface area contributed by atoms with Gasteiger partial charge in [-0.15, -0.1) is 6.58 Å². The van der Waals surface area contributed by atoms with Gasteiger partial charge in [0, 0.05) is 39.7 Å². The van der Waals surface area contributed by atoms with Gasteiger partial charge in [0.05, 0.1) is 19.9 Å². The van der Waals surface area contributed by atoms with E-state index in [4.69, 9.17) is 37.4 Å². The molecule has 0 spiro atoms. The second kappa shape index (κ2) is 15.5. The zero-order valence-corrected chi connectivity index (χ0v) is 23.8. The highest BCUT2D eigenvalue weighted by Gasteiger charge is 2.14. The fourth-order valence-corrected chi connectivity index (χ4v) is 4.10. The summed E-state index contributed by atoms with van der Waals surface area (Å²) in [5.41, 5.74) is 5.37. The summed E-state index contributed by atoms with van der Waals surface area (Å²) in [7, 11) is 1.57. The van der Waals surface area contributed by atoms with E-state index in [9.17, 15) is 9.59 Å². The molecule has 0 saturated heterocycles. The third-order valence-corrected chi connectivity index (χ3v) is 6.15.